The number of nitrogens with zero attached hydrogens (tertiary/aromatic N) is 3. The Morgan fingerprint density at radius 2 is 1.93 bits per heavy atom. The third-order valence-electron chi connectivity index (χ3n) is 3.88. The van der Waals surface area contributed by atoms with Gasteiger partial charge in [0.25, 0.3) is 0 Å². The van der Waals surface area contributed by atoms with Crippen molar-refractivity contribution in [3.8, 4) is 11.3 Å². The van der Waals surface area contributed by atoms with Gasteiger partial charge in [0, 0.05) is 22.9 Å². The molecule has 28 heavy (non-hydrogen) atoms. The summed E-state index contributed by atoms with van der Waals surface area (Å²) in [5.74, 6) is 0. The summed E-state index contributed by atoms with van der Waals surface area (Å²) in [6.45, 7) is 1.12. The Bertz CT molecular complexity index is 1030. The lowest BCUT2D eigenvalue weighted by molar-refractivity contribution is 0.207. The topological polar surface area (TPSA) is 38.9 Å². The number of benzene rings is 2. The molecule has 0 saturated carbocycles. The zero-order chi connectivity index (χ0) is 19.9. The number of hydrogen-bond acceptors (Lipinski definition) is 5. The van der Waals surface area contributed by atoms with E-state index in [-0.39, 0.29) is 0 Å². The second kappa shape index (κ2) is 10.3. The van der Waals surface area contributed by atoms with Crippen LogP contribution < -0.4 is 4.80 Å². The highest BCUT2D eigenvalue weighted by Gasteiger charge is 2.09. The summed E-state index contributed by atoms with van der Waals surface area (Å²) in [5, 5.41) is 7.73. The molecule has 0 aliphatic carbocycles. The molecule has 0 spiro atoms. The van der Waals surface area contributed by atoms with Crippen molar-refractivity contribution >= 4 is 52.5 Å². The zero-order valence-corrected chi connectivity index (χ0v) is 18.6. The monoisotopic (exact) mass is 451 g/mol. The van der Waals surface area contributed by atoms with Crippen molar-refractivity contribution < 1.29 is 4.74 Å². The van der Waals surface area contributed by atoms with Gasteiger partial charge in [0.15, 0.2) is 0 Å². The Labute approximate surface area is 182 Å². The van der Waals surface area contributed by atoms with E-state index in [0.717, 1.165) is 21.6 Å². The van der Waals surface area contributed by atoms with Gasteiger partial charge in [0.05, 0.1) is 35.1 Å². The predicted molar refractivity (Wildman–Crippen MR) is 121 cm³/mol. The van der Waals surface area contributed by atoms with Gasteiger partial charge in [0.1, 0.15) is 0 Å². The van der Waals surface area contributed by atoms with Crippen molar-refractivity contribution in [1.82, 2.24) is 4.68 Å². The molecule has 0 atom stereocenters. The van der Waals surface area contributed by atoms with E-state index in [1.54, 1.807) is 24.9 Å². The minimum Gasteiger partial charge on any atom is -0.383 e. The molecule has 4 nitrogen and oxygen atoms in total. The summed E-state index contributed by atoms with van der Waals surface area (Å²) >= 11 is 15.5. The van der Waals surface area contributed by atoms with Gasteiger partial charge in [-0.15, -0.1) is 23.1 Å². The number of thioether (sulfide) groups is 1. The fourth-order valence-electron chi connectivity index (χ4n) is 2.42. The first-order valence-corrected chi connectivity index (χ1v) is 11.3. The van der Waals surface area contributed by atoms with Crippen LogP contribution >= 0.6 is 46.3 Å². The Hall–Kier alpha value is -1.57. The van der Waals surface area contributed by atoms with Crippen LogP contribution in [-0.2, 0) is 4.74 Å². The van der Waals surface area contributed by atoms with Gasteiger partial charge >= 0.3 is 0 Å². The SMILES string of the molecule is COCCN=c1scc(-c2ccc(Cl)c(Cl)c2)n1/N=C/c1ccc(SC)cc1. The number of ether oxygens (including phenoxy) is 1. The van der Waals surface area contributed by atoms with Crippen molar-refractivity contribution in [1.29, 1.82) is 0 Å². The first-order valence-electron chi connectivity index (χ1n) is 8.46. The summed E-state index contributed by atoms with van der Waals surface area (Å²) in [5.41, 5.74) is 2.84. The molecule has 0 bridgehead atoms. The van der Waals surface area contributed by atoms with E-state index in [1.165, 1.54) is 16.2 Å². The number of thiazole rings is 1. The zero-order valence-electron chi connectivity index (χ0n) is 15.4. The minimum absolute atomic E-state index is 0.506. The molecule has 1 aromatic heterocycles. The number of rotatable bonds is 7. The van der Waals surface area contributed by atoms with Gasteiger partial charge in [0.2, 0.25) is 4.80 Å². The highest BCUT2D eigenvalue weighted by Crippen LogP contribution is 2.28. The Kier molecular flexibility index (Phi) is 7.76. The maximum absolute atomic E-state index is 6.21. The molecule has 0 amide bonds. The quantitative estimate of drug-likeness (QED) is 0.263. The summed E-state index contributed by atoms with van der Waals surface area (Å²) in [6.07, 6.45) is 3.88. The second-order valence-corrected chi connectivity index (χ2v) is 8.27. The summed E-state index contributed by atoms with van der Waals surface area (Å²) in [7, 11) is 1.66. The third-order valence-corrected chi connectivity index (χ3v) is 6.22. The van der Waals surface area contributed by atoms with Crippen LogP contribution in [0.5, 0.6) is 0 Å². The van der Waals surface area contributed by atoms with Gasteiger partial charge in [-0.1, -0.05) is 41.4 Å². The van der Waals surface area contributed by atoms with Gasteiger partial charge in [-0.05, 0) is 36.1 Å². The summed E-state index contributed by atoms with van der Waals surface area (Å²) in [6, 6.07) is 13.8. The number of methoxy groups -OCH3 is 1. The summed E-state index contributed by atoms with van der Waals surface area (Å²) in [4.78, 5) is 6.60. The minimum atomic E-state index is 0.506. The van der Waals surface area contributed by atoms with E-state index in [9.17, 15) is 0 Å². The Morgan fingerprint density at radius 3 is 2.61 bits per heavy atom. The normalized spacial score (nSPS) is 12.2. The number of halogens is 2. The molecule has 1 heterocycles. The Balaban J connectivity index is 2.01. The average molecular weight is 452 g/mol. The lowest BCUT2D eigenvalue weighted by atomic mass is 10.2. The second-order valence-electron chi connectivity index (χ2n) is 5.74. The standard InChI is InChI=1S/C20H19Cl2N3OS2/c1-26-10-9-23-20-25(24-12-14-3-6-16(27-2)7-4-14)19(13-28-20)15-5-8-17(21)18(22)11-15/h3-8,11-13H,9-10H2,1-2H3/b23-20?,24-12+. The predicted octanol–water partition coefficient (Wildman–Crippen LogP) is 5.67. The van der Waals surface area contributed by atoms with Crippen LogP contribution in [0.1, 0.15) is 5.56 Å². The molecule has 0 N–H and O–H groups in total. The number of hydrogen-bond donors (Lipinski definition) is 0. The van der Waals surface area contributed by atoms with Crippen molar-refractivity contribution in [2.75, 3.05) is 26.5 Å². The molecule has 3 rings (SSSR count). The van der Waals surface area contributed by atoms with Crippen molar-refractivity contribution in [2.45, 2.75) is 4.90 Å². The van der Waals surface area contributed by atoms with Gasteiger partial charge in [-0.25, -0.2) is 4.68 Å². The third kappa shape index (κ3) is 5.27. The van der Waals surface area contributed by atoms with Crippen LogP contribution in [0.3, 0.4) is 0 Å². The molecule has 3 aromatic rings. The van der Waals surface area contributed by atoms with E-state index < -0.39 is 0 Å². The fourth-order valence-corrected chi connectivity index (χ4v) is 3.99. The van der Waals surface area contributed by atoms with E-state index in [4.69, 9.17) is 27.9 Å². The maximum atomic E-state index is 6.21. The molecule has 146 valence electrons. The highest BCUT2D eigenvalue weighted by atomic mass is 35.5. The van der Waals surface area contributed by atoms with E-state index in [0.29, 0.717) is 23.2 Å². The Morgan fingerprint density at radius 1 is 1.14 bits per heavy atom. The van der Waals surface area contributed by atoms with Crippen LogP contribution in [0.4, 0.5) is 0 Å². The molecule has 0 aliphatic heterocycles. The van der Waals surface area contributed by atoms with Crippen LogP contribution in [0.25, 0.3) is 11.3 Å². The molecule has 8 heteroatoms. The molecular formula is C20H19Cl2N3OS2. The van der Waals surface area contributed by atoms with E-state index in [1.807, 2.05) is 40.5 Å². The molecule has 2 aromatic carbocycles. The molecule has 0 saturated heterocycles. The first-order chi connectivity index (χ1) is 13.6. The lowest BCUT2D eigenvalue weighted by Gasteiger charge is -2.05. The number of aromatic nitrogens is 1. The fraction of sp³-hybridized carbons (Fsp3) is 0.200. The highest BCUT2D eigenvalue weighted by molar-refractivity contribution is 7.98. The van der Waals surface area contributed by atoms with Gasteiger partial charge < -0.3 is 4.74 Å². The average Bonchev–Trinajstić information content (AvgIpc) is 3.12. The summed E-state index contributed by atoms with van der Waals surface area (Å²) < 4.78 is 6.93. The lowest BCUT2D eigenvalue weighted by Crippen LogP contribution is -2.13. The molecule has 0 radical (unpaired) electrons. The maximum Gasteiger partial charge on any atom is 0.206 e. The van der Waals surface area contributed by atoms with E-state index in [2.05, 4.69) is 28.5 Å². The van der Waals surface area contributed by atoms with Gasteiger partial charge in [-0.3, -0.25) is 4.99 Å². The van der Waals surface area contributed by atoms with Crippen molar-refractivity contribution in [3.63, 3.8) is 0 Å². The molecule has 0 unspecified atom stereocenters. The van der Waals surface area contributed by atoms with Crippen molar-refractivity contribution in [3.05, 3.63) is 68.3 Å². The van der Waals surface area contributed by atoms with Crippen LogP contribution in [0.15, 0.2) is 62.8 Å². The molecular weight excluding hydrogens is 433 g/mol. The molecule has 0 fully saturated rings. The van der Waals surface area contributed by atoms with E-state index >= 15 is 0 Å². The van der Waals surface area contributed by atoms with Crippen LogP contribution in [0.2, 0.25) is 10.0 Å². The van der Waals surface area contributed by atoms with Crippen LogP contribution in [0, 0.1) is 0 Å². The smallest absolute Gasteiger partial charge is 0.206 e. The largest absolute Gasteiger partial charge is 0.383 e. The van der Waals surface area contributed by atoms with Crippen LogP contribution in [-0.4, -0.2) is 37.4 Å². The van der Waals surface area contributed by atoms with Gasteiger partial charge in [-0.2, -0.15) is 5.10 Å². The first kappa shape index (κ1) is 21.1. The molecule has 0 aliphatic rings. The van der Waals surface area contributed by atoms with Crippen molar-refractivity contribution in [2.24, 2.45) is 10.1 Å².